The molecule has 0 aromatic heterocycles. The van der Waals surface area contributed by atoms with Crippen LogP contribution in [0.4, 0.5) is 5.69 Å². The molecule has 1 heterocycles. The maximum atomic E-state index is 12.5. The van der Waals surface area contributed by atoms with Gasteiger partial charge in [0.25, 0.3) is 0 Å². The third-order valence-corrected chi connectivity index (χ3v) is 5.66. The lowest BCUT2D eigenvalue weighted by molar-refractivity contribution is -0.131. The highest BCUT2D eigenvalue weighted by molar-refractivity contribution is 5.77. The van der Waals surface area contributed by atoms with Crippen molar-refractivity contribution in [3.63, 3.8) is 0 Å². The minimum atomic E-state index is -0.360. The first-order valence-corrected chi connectivity index (χ1v) is 10.6. The van der Waals surface area contributed by atoms with Crippen LogP contribution >= 0.6 is 0 Å². The van der Waals surface area contributed by atoms with E-state index in [1.807, 2.05) is 29.2 Å². The standard InChI is InChI=1S/C22H34N2O3/c1-17(16-22(26)24-14-6-2-3-7-15-24)23-18-10-12-19(13-11-18)27-21-9-5-4-8-20(21)25/h10-13,17,20-21,23,25H,2-9,14-16H2,1H3/t17-,20+,21+/m1/s1. The van der Waals surface area contributed by atoms with Crippen LogP contribution in [0.1, 0.15) is 64.7 Å². The van der Waals surface area contributed by atoms with Crippen LogP contribution < -0.4 is 10.1 Å². The molecular weight excluding hydrogens is 340 g/mol. The number of nitrogens with one attached hydrogen (secondary N) is 1. The third kappa shape index (κ3) is 6.13. The molecule has 2 aliphatic rings. The minimum Gasteiger partial charge on any atom is -0.488 e. The van der Waals surface area contributed by atoms with Crippen molar-refractivity contribution in [1.29, 1.82) is 0 Å². The summed E-state index contributed by atoms with van der Waals surface area (Å²) in [6.07, 6.45) is 8.74. The van der Waals surface area contributed by atoms with Crippen LogP contribution in [0.15, 0.2) is 24.3 Å². The van der Waals surface area contributed by atoms with Gasteiger partial charge in [-0.1, -0.05) is 19.3 Å². The molecule has 0 radical (unpaired) electrons. The molecule has 5 nitrogen and oxygen atoms in total. The van der Waals surface area contributed by atoms with Crippen molar-refractivity contribution < 1.29 is 14.6 Å². The molecule has 0 spiro atoms. The summed E-state index contributed by atoms with van der Waals surface area (Å²) >= 11 is 0. The summed E-state index contributed by atoms with van der Waals surface area (Å²) in [5.41, 5.74) is 0.989. The zero-order chi connectivity index (χ0) is 19.1. The highest BCUT2D eigenvalue weighted by Gasteiger charge is 2.24. The molecule has 3 rings (SSSR count). The summed E-state index contributed by atoms with van der Waals surface area (Å²) in [7, 11) is 0. The van der Waals surface area contributed by atoms with Gasteiger partial charge in [-0.05, 0) is 63.3 Å². The first kappa shape index (κ1) is 20.0. The Balaban J connectivity index is 1.46. The maximum Gasteiger partial charge on any atom is 0.224 e. The van der Waals surface area contributed by atoms with E-state index < -0.39 is 0 Å². The van der Waals surface area contributed by atoms with Crippen molar-refractivity contribution in [2.45, 2.75) is 83.0 Å². The lowest BCUT2D eigenvalue weighted by atomic mass is 9.95. The number of anilines is 1. The molecule has 150 valence electrons. The maximum absolute atomic E-state index is 12.5. The van der Waals surface area contributed by atoms with Crippen LogP contribution in [-0.2, 0) is 4.79 Å². The topological polar surface area (TPSA) is 61.8 Å². The van der Waals surface area contributed by atoms with E-state index in [2.05, 4.69) is 12.2 Å². The van der Waals surface area contributed by atoms with E-state index in [9.17, 15) is 9.90 Å². The molecule has 3 atom stereocenters. The van der Waals surface area contributed by atoms with Gasteiger partial charge in [0.2, 0.25) is 5.91 Å². The number of carbonyl (C=O) groups excluding carboxylic acids is 1. The SMILES string of the molecule is C[C@H](CC(=O)N1CCCCCC1)Nc1ccc(O[C@H]2CCCC[C@@H]2O)cc1. The molecule has 1 saturated carbocycles. The van der Waals surface area contributed by atoms with Gasteiger partial charge in [-0.2, -0.15) is 0 Å². The van der Waals surface area contributed by atoms with Gasteiger partial charge in [0.15, 0.2) is 0 Å². The molecular formula is C22H34N2O3. The summed E-state index contributed by atoms with van der Waals surface area (Å²) in [6.45, 7) is 3.87. The number of ether oxygens (including phenoxy) is 1. The van der Waals surface area contributed by atoms with Crippen molar-refractivity contribution in [3.8, 4) is 5.75 Å². The van der Waals surface area contributed by atoms with E-state index in [-0.39, 0.29) is 24.2 Å². The first-order valence-electron chi connectivity index (χ1n) is 10.6. The van der Waals surface area contributed by atoms with Crippen LogP contribution in [0.2, 0.25) is 0 Å². The van der Waals surface area contributed by atoms with Gasteiger partial charge in [0.05, 0.1) is 6.10 Å². The zero-order valence-corrected chi connectivity index (χ0v) is 16.5. The molecule has 27 heavy (non-hydrogen) atoms. The monoisotopic (exact) mass is 374 g/mol. The van der Waals surface area contributed by atoms with E-state index in [0.29, 0.717) is 6.42 Å². The number of amides is 1. The molecule has 0 unspecified atom stereocenters. The Morgan fingerprint density at radius 1 is 1.11 bits per heavy atom. The number of likely N-dealkylation sites (tertiary alicyclic amines) is 1. The Kier molecular flexibility index (Phi) is 7.39. The molecule has 1 aliphatic carbocycles. The van der Waals surface area contributed by atoms with Crippen molar-refractivity contribution in [1.82, 2.24) is 4.90 Å². The Bertz CT molecular complexity index is 582. The number of hydrogen-bond acceptors (Lipinski definition) is 4. The molecule has 0 bridgehead atoms. The van der Waals surface area contributed by atoms with Gasteiger partial charge in [0, 0.05) is 31.2 Å². The minimum absolute atomic E-state index is 0.0905. The lowest BCUT2D eigenvalue weighted by Crippen LogP contribution is -2.35. The molecule has 1 aromatic rings. The fourth-order valence-electron chi connectivity index (χ4n) is 4.07. The summed E-state index contributed by atoms with van der Waals surface area (Å²) in [5.74, 6) is 1.04. The zero-order valence-electron chi connectivity index (χ0n) is 16.5. The number of rotatable bonds is 6. The molecule has 5 heteroatoms. The molecule has 2 fully saturated rings. The van der Waals surface area contributed by atoms with Crippen molar-refractivity contribution in [3.05, 3.63) is 24.3 Å². The second-order valence-electron chi connectivity index (χ2n) is 8.08. The van der Waals surface area contributed by atoms with Crippen LogP contribution in [0.3, 0.4) is 0 Å². The van der Waals surface area contributed by atoms with Gasteiger partial charge in [-0.25, -0.2) is 0 Å². The van der Waals surface area contributed by atoms with E-state index >= 15 is 0 Å². The average Bonchev–Trinajstić information content (AvgIpc) is 2.95. The Morgan fingerprint density at radius 2 is 1.78 bits per heavy atom. The number of benzene rings is 1. The summed E-state index contributed by atoms with van der Waals surface area (Å²) in [6, 6.07) is 7.93. The molecule has 1 aliphatic heterocycles. The predicted octanol–water partition coefficient (Wildman–Crippen LogP) is 3.96. The number of carbonyl (C=O) groups is 1. The Labute approximate surface area is 163 Å². The van der Waals surface area contributed by atoms with Crippen LogP contribution in [0.5, 0.6) is 5.75 Å². The largest absolute Gasteiger partial charge is 0.488 e. The number of aliphatic hydroxyl groups is 1. The van der Waals surface area contributed by atoms with Gasteiger partial charge in [-0.3, -0.25) is 4.79 Å². The van der Waals surface area contributed by atoms with Crippen LogP contribution in [0.25, 0.3) is 0 Å². The molecule has 2 N–H and O–H groups in total. The molecule has 1 saturated heterocycles. The summed E-state index contributed by atoms with van der Waals surface area (Å²) in [4.78, 5) is 14.5. The predicted molar refractivity (Wildman–Crippen MR) is 108 cm³/mol. The average molecular weight is 375 g/mol. The second kappa shape index (κ2) is 9.98. The van der Waals surface area contributed by atoms with Gasteiger partial charge < -0.3 is 20.1 Å². The summed E-state index contributed by atoms with van der Waals surface area (Å²) < 4.78 is 5.94. The van der Waals surface area contributed by atoms with Crippen LogP contribution in [0, 0.1) is 0 Å². The molecule has 1 amide bonds. The highest BCUT2D eigenvalue weighted by atomic mass is 16.5. The molecule has 1 aromatic carbocycles. The van der Waals surface area contributed by atoms with E-state index in [1.54, 1.807) is 0 Å². The van der Waals surface area contributed by atoms with Crippen molar-refractivity contribution >= 4 is 11.6 Å². The van der Waals surface area contributed by atoms with Crippen LogP contribution in [-0.4, -0.2) is 47.3 Å². The second-order valence-corrected chi connectivity index (χ2v) is 8.08. The number of nitrogens with zero attached hydrogens (tertiary/aromatic N) is 1. The summed E-state index contributed by atoms with van der Waals surface area (Å²) in [5, 5.41) is 13.5. The first-order chi connectivity index (χ1) is 13.1. The van der Waals surface area contributed by atoms with E-state index in [0.717, 1.165) is 63.1 Å². The van der Waals surface area contributed by atoms with Gasteiger partial charge in [0.1, 0.15) is 11.9 Å². The normalized spacial score (nSPS) is 24.7. The van der Waals surface area contributed by atoms with E-state index in [4.69, 9.17) is 4.74 Å². The lowest BCUT2D eigenvalue weighted by Gasteiger charge is -2.28. The third-order valence-electron chi connectivity index (χ3n) is 5.66. The fourth-order valence-corrected chi connectivity index (χ4v) is 4.07. The van der Waals surface area contributed by atoms with Gasteiger partial charge in [-0.15, -0.1) is 0 Å². The number of hydrogen-bond donors (Lipinski definition) is 2. The highest BCUT2D eigenvalue weighted by Crippen LogP contribution is 2.25. The van der Waals surface area contributed by atoms with Gasteiger partial charge >= 0.3 is 0 Å². The fraction of sp³-hybridized carbons (Fsp3) is 0.682. The Hall–Kier alpha value is -1.75. The van der Waals surface area contributed by atoms with E-state index in [1.165, 1.54) is 12.8 Å². The Morgan fingerprint density at radius 3 is 2.44 bits per heavy atom. The quantitative estimate of drug-likeness (QED) is 0.791. The van der Waals surface area contributed by atoms with Crippen molar-refractivity contribution in [2.75, 3.05) is 18.4 Å². The van der Waals surface area contributed by atoms with Crippen molar-refractivity contribution in [2.24, 2.45) is 0 Å². The number of aliphatic hydroxyl groups excluding tert-OH is 1. The smallest absolute Gasteiger partial charge is 0.224 e.